The van der Waals surface area contributed by atoms with Gasteiger partial charge < -0.3 is 10.1 Å². The third kappa shape index (κ3) is 2.49. The maximum Gasteiger partial charge on any atom is 0.0725 e. The minimum Gasteiger partial charge on any atom is -0.372 e. The molecule has 0 saturated carbocycles. The van der Waals surface area contributed by atoms with Crippen molar-refractivity contribution < 1.29 is 4.74 Å². The van der Waals surface area contributed by atoms with Gasteiger partial charge in [0.25, 0.3) is 0 Å². The predicted molar refractivity (Wildman–Crippen MR) is 84.1 cm³/mol. The number of hydrogen-bond donors (Lipinski definition) is 1. The molecule has 0 fully saturated rings. The Bertz CT molecular complexity index is 612. The Hall–Kier alpha value is -1.29. The molecule has 1 atom stereocenters. The summed E-state index contributed by atoms with van der Waals surface area (Å²) in [5.74, 6) is 0. The lowest BCUT2D eigenvalue weighted by molar-refractivity contribution is 0.134. The highest BCUT2D eigenvalue weighted by Crippen LogP contribution is 2.32. The molecule has 20 heavy (non-hydrogen) atoms. The molecule has 3 heteroatoms. The van der Waals surface area contributed by atoms with E-state index in [1.807, 2.05) is 7.05 Å². The zero-order valence-electron chi connectivity index (χ0n) is 11.8. The summed E-state index contributed by atoms with van der Waals surface area (Å²) in [6, 6.07) is 15.5. The molecule has 0 radical (unpaired) electrons. The average Bonchev–Trinajstić information content (AvgIpc) is 2.96. The van der Waals surface area contributed by atoms with Crippen LogP contribution in [0.3, 0.4) is 0 Å². The van der Waals surface area contributed by atoms with Crippen molar-refractivity contribution in [1.29, 1.82) is 0 Å². The summed E-state index contributed by atoms with van der Waals surface area (Å²) in [6.07, 6.45) is 2.13. The number of hydrogen-bond acceptors (Lipinski definition) is 3. The Morgan fingerprint density at radius 1 is 1.10 bits per heavy atom. The molecular weight excluding hydrogens is 266 g/mol. The number of rotatable bonds is 4. The molecule has 1 aliphatic heterocycles. The van der Waals surface area contributed by atoms with Gasteiger partial charge in [0.15, 0.2) is 0 Å². The van der Waals surface area contributed by atoms with Crippen LogP contribution in [0.2, 0.25) is 0 Å². The quantitative estimate of drug-likeness (QED) is 0.865. The predicted octanol–water partition coefficient (Wildman–Crippen LogP) is 3.75. The van der Waals surface area contributed by atoms with Gasteiger partial charge in [-0.1, -0.05) is 36.4 Å². The Morgan fingerprint density at radius 2 is 1.90 bits per heavy atom. The van der Waals surface area contributed by atoms with Crippen molar-refractivity contribution in [3.63, 3.8) is 0 Å². The fourth-order valence-corrected chi connectivity index (χ4v) is 3.41. The maximum absolute atomic E-state index is 5.51. The van der Waals surface area contributed by atoms with Crippen LogP contribution in [0.4, 0.5) is 0 Å². The molecular formula is C17H19NOS. The van der Waals surface area contributed by atoms with E-state index in [0.29, 0.717) is 0 Å². The third-order valence-electron chi connectivity index (χ3n) is 3.82. The first-order valence-corrected chi connectivity index (χ1v) is 8.05. The molecule has 2 aromatic carbocycles. The van der Waals surface area contributed by atoms with E-state index in [2.05, 4.69) is 54.0 Å². The Kier molecular flexibility index (Phi) is 4.10. The van der Waals surface area contributed by atoms with E-state index in [0.717, 1.165) is 13.2 Å². The van der Waals surface area contributed by atoms with Crippen LogP contribution in [0.15, 0.2) is 47.4 Å². The van der Waals surface area contributed by atoms with Gasteiger partial charge in [-0.2, -0.15) is 0 Å². The van der Waals surface area contributed by atoms with Gasteiger partial charge in [-0.3, -0.25) is 0 Å². The average molecular weight is 285 g/mol. The van der Waals surface area contributed by atoms with Crippen LogP contribution in [-0.2, 0) is 18.0 Å². The standard InChI is InChI=1S/C17H19NOS/c1-18-17(15-5-3-4-6-16(15)20-2)12-7-8-13-10-19-11-14(13)9-12/h3-9,17-18H,10-11H2,1-2H3. The van der Waals surface area contributed by atoms with E-state index in [-0.39, 0.29) is 6.04 Å². The number of nitrogens with one attached hydrogen (secondary N) is 1. The van der Waals surface area contributed by atoms with E-state index < -0.39 is 0 Å². The molecule has 3 rings (SSSR count). The molecule has 0 saturated heterocycles. The summed E-state index contributed by atoms with van der Waals surface area (Å²) >= 11 is 1.79. The van der Waals surface area contributed by atoms with E-state index in [9.17, 15) is 0 Å². The van der Waals surface area contributed by atoms with Crippen LogP contribution in [0, 0.1) is 0 Å². The number of thioether (sulfide) groups is 1. The third-order valence-corrected chi connectivity index (χ3v) is 4.63. The molecule has 0 aliphatic carbocycles. The van der Waals surface area contributed by atoms with Gasteiger partial charge in [0.05, 0.1) is 19.3 Å². The Labute approximate surface area is 124 Å². The first kappa shape index (κ1) is 13.7. The van der Waals surface area contributed by atoms with Gasteiger partial charge in [0.1, 0.15) is 0 Å². The van der Waals surface area contributed by atoms with Crippen LogP contribution in [0.25, 0.3) is 0 Å². The van der Waals surface area contributed by atoms with Crippen LogP contribution >= 0.6 is 11.8 Å². The summed E-state index contributed by atoms with van der Waals surface area (Å²) < 4.78 is 5.51. The first-order chi connectivity index (χ1) is 9.83. The second kappa shape index (κ2) is 6.00. The summed E-state index contributed by atoms with van der Waals surface area (Å²) in [4.78, 5) is 1.32. The van der Waals surface area contributed by atoms with Gasteiger partial charge in [-0.15, -0.1) is 11.8 Å². The first-order valence-electron chi connectivity index (χ1n) is 6.83. The number of fused-ring (bicyclic) bond motifs is 1. The molecule has 1 heterocycles. The van der Waals surface area contributed by atoms with Crippen LogP contribution in [0.1, 0.15) is 28.3 Å². The van der Waals surface area contributed by atoms with E-state index in [1.54, 1.807) is 11.8 Å². The SMILES string of the molecule is CNC(c1ccc2c(c1)COC2)c1ccccc1SC. The second-order valence-electron chi connectivity index (χ2n) is 4.98. The monoisotopic (exact) mass is 285 g/mol. The highest BCUT2D eigenvalue weighted by molar-refractivity contribution is 7.98. The molecule has 2 aromatic rings. The molecule has 1 unspecified atom stereocenters. The van der Waals surface area contributed by atoms with Crippen LogP contribution in [0.5, 0.6) is 0 Å². The van der Waals surface area contributed by atoms with Crippen molar-refractivity contribution in [1.82, 2.24) is 5.32 Å². The lowest BCUT2D eigenvalue weighted by Crippen LogP contribution is -2.18. The normalized spacial score (nSPS) is 15.1. The van der Waals surface area contributed by atoms with Crippen molar-refractivity contribution in [2.24, 2.45) is 0 Å². The zero-order valence-corrected chi connectivity index (χ0v) is 12.7. The molecule has 0 spiro atoms. The van der Waals surface area contributed by atoms with Crippen LogP contribution in [-0.4, -0.2) is 13.3 Å². The molecule has 0 bridgehead atoms. The van der Waals surface area contributed by atoms with E-state index in [4.69, 9.17) is 4.74 Å². The highest BCUT2D eigenvalue weighted by Gasteiger charge is 2.18. The largest absolute Gasteiger partial charge is 0.372 e. The minimum absolute atomic E-state index is 0.226. The van der Waals surface area contributed by atoms with Gasteiger partial charge in [-0.25, -0.2) is 0 Å². The summed E-state index contributed by atoms with van der Waals surface area (Å²) in [6.45, 7) is 1.49. The number of ether oxygens (including phenoxy) is 1. The topological polar surface area (TPSA) is 21.3 Å². The van der Waals surface area contributed by atoms with Gasteiger partial charge in [-0.05, 0) is 41.6 Å². The summed E-state index contributed by atoms with van der Waals surface area (Å²) in [7, 11) is 2.02. The van der Waals surface area contributed by atoms with Gasteiger partial charge >= 0.3 is 0 Å². The molecule has 0 amide bonds. The smallest absolute Gasteiger partial charge is 0.0725 e. The minimum atomic E-state index is 0.226. The fraction of sp³-hybridized carbons (Fsp3) is 0.294. The number of benzene rings is 2. The van der Waals surface area contributed by atoms with E-state index in [1.165, 1.54) is 27.1 Å². The van der Waals surface area contributed by atoms with Crippen molar-refractivity contribution in [2.75, 3.05) is 13.3 Å². The van der Waals surface area contributed by atoms with Crippen molar-refractivity contribution in [2.45, 2.75) is 24.2 Å². The summed E-state index contributed by atoms with van der Waals surface area (Å²) in [5.41, 5.74) is 5.28. The van der Waals surface area contributed by atoms with Crippen LogP contribution < -0.4 is 5.32 Å². The Balaban J connectivity index is 2.01. The summed E-state index contributed by atoms with van der Waals surface area (Å²) in [5, 5.41) is 3.45. The maximum atomic E-state index is 5.51. The fourth-order valence-electron chi connectivity index (χ4n) is 2.78. The van der Waals surface area contributed by atoms with Crippen molar-refractivity contribution >= 4 is 11.8 Å². The molecule has 0 aromatic heterocycles. The highest BCUT2D eigenvalue weighted by atomic mass is 32.2. The van der Waals surface area contributed by atoms with Crippen molar-refractivity contribution in [3.05, 3.63) is 64.7 Å². The molecule has 104 valence electrons. The van der Waals surface area contributed by atoms with Crippen molar-refractivity contribution in [3.8, 4) is 0 Å². The molecule has 2 nitrogen and oxygen atoms in total. The molecule has 1 aliphatic rings. The lowest BCUT2D eigenvalue weighted by Gasteiger charge is -2.20. The Morgan fingerprint density at radius 3 is 2.70 bits per heavy atom. The molecule has 1 N–H and O–H groups in total. The van der Waals surface area contributed by atoms with Gasteiger partial charge in [0.2, 0.25) is 0 Å². The van der Waals surface area contributed by atoms with E-state index >= 15 is 0 Å². The second-order valence-corrected chi connectivity index (χ2v) is 5.83. The lowest BCUT2D eigenvalue weighted by atomic mass is 9.96. The van der Waals surface area contributed by atoms with Gasteiger partial charge in [0, 0.05) is 4.90 Å². The zero-order chi connectivity index (χ0) is 13.9.